The van der Waals surface area contributed by atoms with E-state index in [4.69, 9.17) is 9.47 Å². The van der Waals surface area contributed by atoms with Crippen molar-refractivity contribution in [2.75, 3.05) is 13.9 Å². The van der Waals surface area contributed by atoms with Crippen LogP contribution in [0.4, 0.5) is 0 Å². The summed E-state index contributed by atoms with van der Waals surface area (Å²) in [5, 5.41) is 10.3. The Morgan fingerprint density at radius 3 is 2.65 bits per heavy atom. The normalized spacial score (nSPS) is 49.1. The minimum absolute atomic E-state index is 0.0324. The Labute approximate surface area is 122 Å². The molecule has 2 saturated carbocycles. The highest BCUT2D eigenvalue weighted by molar-refractivity contribution is 5.35. The van der Waals surface area contributed by atoms with Crippen molar-refractivity contribution in [3.05, 3.63) is 11.6 Å². The van der Waals surface area contributed by atoms with Crippen LogP contribution in [-0.4, -0.2) is 31.2 Å². The van der Waals surface area contributed by atoms with E-state index in [0.29, 0.717) is 12.7 Å². The summed E-state index contributed by atoms with van der Waals surface area (Å²) in [5.74, 6) is 0.569. The second kappa shape index (κ2) is 4.31. The molecule has 1 N–H and O–H groups in total. The summed E-state index contributed by atoms with van der Waals surface area (Å²) in [7, 11) is 1.67. The summed E-state index contributed by atoms with van der Waals surface area (Å²) < 4.78 is 11.1. The Kier molecular flexibility index (Phi) is 3.14. The van der Waals surface area contributed by atoms with E-state index in [1.165, 1.54) is 5.57 Å². The third kappa shape index (κ3) is 1.57. The highest BCUT2D eigenvalue weighted by atomic mass is 16.7. The third-order valence-corrected chi connectivity index (χ3v) is 6.83. The molecule has 114 valence electrons. The Bertz CT molecular complexity index is 442. The first-order chi connectivity index (χ1) is 9.28. The van der Waals surface area contributed by atoms with Crippen LogP contribution in [-0.2, 0) is 9.47 Å². The van der Waals surface area contributed by atoms with Gasteiger partial charge in [-0.15, -0.1) is 0 Å². The Morgan fingerprint density at radius 1 is 1.30 bits per heavy atom. The van der Waals surface area contributed by atoms with E-state index >= 15 is 0 Å². The SMILES string of the molecule is COCO[C@H]1C[C@H]2C(C)(C)C(C)=C[C@]23C[C@@H](O)C[C@]13C. The zero-order valence-electron chi connectivity index (χ0n) is 13.4. The lowest BCUT2D eigenvalue weighted by Gasteiger charge is -2.41. The molecule has 1 spiro atoms. The van der Waals surface area contributed by atoms with Crippen LogP contribution < -0.4 is 0 Å². The molecular weight excluding hydrogens is 252 g/mol. The lowest BCUT2D eigenvalue weighted by molar-refractivity contribution is -0.114. The molecule has 0 aromatic carbocycles. The van der Waals surface area contributed by atoms with Crippen molar-refractivity contribution in [3.8, 4) is 0 Å². The summed E-state index contributed by atoms with van der Waals surface area (Å²) >= 11 is 0. The van der Waals surface area contributed by atoms with E-state index in [-0.39, 0.29) is 28.5 Å². The summed E-state index contributed by atoms with van der Waals surface area (Å²) in [4.78, 5) is 0. The van der Waals surface area contributed by atoms with Gasteiger partial charge in [-0.3, -0.25) is 0 Å². The average Bonchev–Trinajstić information content (AvgIpc) is 2.79. The molecule has 0 radical (unpaired) electrons. The molecule has 0 aromatic heterocycles. The number of ether oxygens (including phenoxy) is 2. The van der Waals surface area contributed by atoms with Gasteiger partial charge in [0, 0.05) is 17.9 Å². The van der Waals surface area contributed by atoms with E-state index in [1.54, 1.807) is 7.11 Å². The molecule has 0 heterocycles. The van der Waals surface area contributed by atoms with Crippen LogP contribution in [0.15, 0.2) is 11.6 Å². The molecule has 0 unspecified atom stereocenters. The van der Waals surface area contributed by atoms with Gasteiger partial charge >= 0.3 is 0 Å². The van der Waals surface area contributed by atoms with E-state index in [0.717, 1.165) is 19.3 Å². The number of aliphatic hydroxyl groups is 1. The van der Waals surface area contributed by atoms with Crippen LogP contribution in [0.5, 0.6) is 0 Å². The highest BCUT2D eigenvalue weighted by Crippen LogP contribution is 2.74. The van der Waals surface area contributed by atoms with Crippen molar-refractivity contribution in [1.29, 1.82) is 0 Å². The number of allylic oxidation sites excluding steroid dienone is 2. The van der Waals surface area contributed by atoms with Gasteiger partial charge in [-0.05, 0) is 37.5 Å². The number of hydrogen-bond acceptors (Lipinski definition) is 3. The zero-order chi connectivity index (χ0) is 14.8. The predicted octanol–water partition coefficient (Wildman–Crippen LogP) is 3.13. The quantitative estimate of drug-likeness (QED) is 0.637. The molecule has 0 amide bonds. The topological polar surface area (TPSA) is 38.7 Å². The Morgan fingerprint density at radius 2 is 2.00 bits per heavy atom. The lowest BCUT2D eigenvalue weighted by atomic mass is 9.63. The van der Waals surface area contributed by atoms with E-state index in [9.17, 15) is 5.11 Å². The molecule has 20 heavy (non-hydrogen) atoms. The predicted molar refractivity (Wildman–Crippen MR) is 78.2 cm³/mol. The minimum Gasteiger partial charge on any atom is -0.393 e. The Hall–Kier alpha value is -0.380. The van der Waals surface area contributed by atoms with Crippen LogP contribution >= 0.6 is 0 Å². The number of methoxy groups -OCH3 is 1. The molecule has 0 bridgehead atoms. The van der Waals surface area contributed by atoms with Crippen LogP contribution in [0.25, 0.3) is 0 Å². The van der Waals surface area contributed by atoms with Crippen LogP contribution in [0, 0.1) is 22.2 Å². The van der Waals surface area contributed by atoms with Gasteiger partial charge in [0.05, 0.1) is 12.2 Å². The van der Waals surface area contributed by atoms with Crippen molar-refractivity contribution in [1.82, 2.24) is 0 Å². The number of rotatable bonds is 3. The number of aliphatic hydroxyl groups excluding tert-OH is 1. The summed E-state index contributed by atoms with van der Waals surface area (Å²) in [6.07, 6.45) is 5.28. The first-order valence-corrected chi connectivity index (χ1v) is 7.76. The molecule has 3 aliphatic rings. The van der Waals surface area contributed by atoms with Crippen molar-refractivity contribution in [2.24, 2.45) is 22.2 Å². The van der Waals surface area contributed by atoms with Gasteiger partial charge in [-0.1, -0.05) is 32.4 Å². The smallest absolute Gasteiger partial charge is 0.146 e. The highest BCUT2D eigenvalue weighted by Gasteiger charge is 2.71. The molecule has 0 saturated heterocycles. The zero-order valence-corrected chi connectivity index (χ0v) is 13.4. The average molecular weight is 280 g/mol. The second-order valence-corrected chi connectivity index (χ2v) is 7.92. The second-order valence-electron chi connectivity index (χ2n) is 7.92. The van der Waals surface area contributed by atoms with Crippen LogP contribution in [0.1, 0.15) is 47.0 Å². The molecule has 5 atom stereocenters. The van der Waals surface area contributed by atoms with Gasteiger partial charge in [-0.25, -0.2) is 0 Å². The molecule has 2 fully saturated rings. The molecule has 3 aliphatic carbocycles. The first-order valence-electron chi connectivity index (χ1n) is 7.76. The molecular formula is C17H28O3. The molecule has 0 aliphatic heterocycles. The number of hydrogen-bond donors (Lipinski definition) is 1. The van der Waals surface area contributed by atoms with E-state index in [1.807, 2.05) is 0 Å². The van der Waals surface area contributed by atoms with Gasteiger partial charge in [0.2, 0.25) is 0 Å². The van der Waals surface area contributed by atoms with Gasteiger partial charge in [0.15, 0.2) is 0 Å². The molecule has 3 nitrogen and oxygen atoms in total. The summed E-state index contributed by atoms with van der Waals surface area (Å²) in [5.41, 5.74) is 1.83. The standard InChI is InChI=1S/C17H28O3/c1-11-7-17-9-12(18)8-16(17,4)14(20-10-19-5)6-13(17)15(11,2)3/h7,12-14,18H,6,8-10H2,1-5H3/t12-,13-,14-,16+,17-/m0/s1. The van der Waals surface area contributed by atoms with Crippen LogP contribution in [0.2, 0.25) is 0 Å². The maximum Gasteiger partial charge on any atom is 0.146 e. The Balaban J connectivity index is 2.02. The van der Waals surface area contributed by atoms with Crippen molar-refractivity contribution < 1.29 is 14.6 Å². The van der Waals surface area contributed by atoms with Crippen molar-refractivity contribution >= 4 is 0 Å². The van der Waals surface area contributed by atoms with Gasteiger partial charge in [0.1, 0.15) is 6.79 Å². The minimum atomic E-state index is -0.200. The molecule has 0 aromatic rings. The largest absolute Gasteiger partial charge is 0.393 e. The lowest BCUT2D eigenvalue weighted by Crippen LogP contribution is -2.39. The summed E-state index contributed by atoms with van der Waals surface area (Å²) in [6, 6.07) is 0. The summed E-state index contributed by atoms with van der Waals surface area (Å²) in [6.45, 7) is 9.62. The van der Waals surface area contributed by atoms with E-state index in [2.05, 4.69) is 33.8 Å². The van der Waals surface area contributed by atoms with Crippen LogP contribution in [0.3, 0.4) is 0 Å². The van der Waals surface area contributed by atoms with Crippen molar-refractivity contribution in [2.45, 2.75) is 59.2 Å². The fourth-order valence-corrected chi connectivity index (χ4v) is 5.54. The van der Waals surface area contributed by atoms with Gasteiger partial charge in [-0.2, -0.15) is 0 Å². The first kappa shape index (κ1) is 14.6. The van der Waals surface area contributed by atoms with Gasteiger partial charge < -0.3 is 14.6 Å². The fourth-order valence-electron chi connectivity index (χ4n) is 5.54. The fraction of sp³-hybridized carbons (Fsp3) is 0.882. The van der Waals surface area contributed by atoms with Crippen molar-refractivity contribution in [3.63, 3.8) is 0 Å². The molecule has 3 heteroatoms. The molecule has 3 rings (SSSR count). The third-order valence-electron chi connectivity index (χ3n) is 6.83. The van der Waals surface area contributed by atoms with E-state index < -0.39 is 0 Å². The van der Waals surface area contributed by atoms with Gasteiger partial charge in [0.25, 0.3) is 0 Å². The maximum absolute atomic E-state index is 10.3. The maximum atomic E-state index is 10.3. The monoisotopic (exact) mass is 280 g/mol.